The van der Waals surface area contributed by atoms with E-state index in [0.717, 1.165) is 38.8 Å². The van der Waals surface area contributed by atoms with Gasteiger partial charge in [0.15, 0.2) is 16.8 Å². The molecular weight excluding hydrogens is 426 g/mol. The fourth-order valence-corrected chi connectivity index (χ4v) is 4.96. The van der Waals surface area contributed by atoms with Crippen LogP contribution in [0.15, 0.2) is 59.1 Å². The second-order valence-corrected chi connectivity index (χ2v) is 9.14. The van der Waals surface area contributed by atoms with Crippen LogP contribution in [-0.4, -0.2) is 33.4 Å². The quantitative estimate of drug-likeness (QED) is 0.259. The number of Topliss-reactive ketones (excluding diaryl/α,β-unsaturated/α-hetero) is 1. The Balaban J connectivity index is 1.69. The first-order valence-electron chi connectivity index (χ1n) is 9.86. The third-order valence-electron chi connectivity index (χ3n) is 5.17. The molecule has 0 atom stereocenters. The molecule has 0 radical (unpaired) electrons. The van der Waals surface area contributed by atoms with E-state index in [2.05, 4.69) is 23.2 Å². The van der Waals surface area contributed by atoms with E-state index in [4.69, 9.17) is 4.74 Å². The Morgan fingerprint density at radius 3 is 2.55 bits per heavy atom. The number of hydrogen-bond donors (Lipinski definition) is 0. The molecule has 0 spiro atoms. The first-order valence-corrected chi connectivity index (χ1v) is 11.7. The van der Waals surface area contributed by atoms with E-state index >= 15 is 0 Å². The second-order valence-electron chi connectivity index (χ2n) is 7.25. The molecule has 7 heteroatoms. The zero-order valence-corrected chi connectivity index (χ0v) is 19.5. The Morgan fingerprint density at radius 2 is 1.81 bits per heavy atom. The van der Waals surface area contributed by atoms with Gasteiger partial charge in [-0.3, -0.25) is 9.36 Å². The van der Waals surface area contributed by atoms with E-state index in [0.29, 0.717) is 5.16 Å². The van der Waals surface area contributed by atoms with Crippen molar-refractivity contribution in [3.05, 3.63) is 76.2 Å². The van der Waals surface area contributed by atoms with Crippen molar-refractivity contribution in [1.29, 1.82) is 0 Å². The maximum absolute atomic E-state index is 13.0. The summed E-state index contributed by atoms with van der Waals surface area (Å²) in [6.45, 7) is 6.08. The number of rotatable bonds is 7. The lowest BCUT2D eigenvalue weighted by Gasteiger charge is -2.13. The predicted molar refractivity (Wildman–Crippen MR) is 127 cm³/mol. The van der Waals surface area contributed by atoms with Crippen LogP contribution >= 0.6 is 23.1 Å². The molecular formula is C24H23N3O2S2. The molecule has 0 amide bonds. The van der Waals surface area contributed by atoms with Crippen LogP contribution in [0.25, 0.3) is 16.4 Å². The summed E-state index contributed by atoms with van der Waals surface area (Å²) in [5.74, 6) is 1.81. The van der Waals surface area contributed by atoms with Gasteiger partial charge in [0.2, 0.25) is 0 Å². The summed E-state index contributed by atoms with van der Waals surface area (Å²) in [5.41, 5.74) is 4.92. The summed E-state index contributed by atoms with van der Waals surface area (Å²) in [6, 6.07) is 15.8. The molecule has 0 saturated carbocycles. The van der Waals surface area contributed by atoms with Crippen LogP contribution in [-0.2, 0) is 0 Å². The molecule has 0 N–H and O–H groups in total. The average Bonchev–Trinajstić information content (AvgIpc) is 3.44. The highest BCUT2D eigenvalue weighted by molar-refractivity contribution is 7.99. The lowest BCUT2D eigenvalue weighted by molar-refractivity contribution is 0.102. The molecule has 0 bridgehead atoms. The fraction of sp³-hybridized carbons (Fsp3) is 0.208. The fourth-order valence-electron chi connectivity index (χ4n) is 3.43. The maximum Gasteiger partial charge on any atom is 0.196 e. The number of hydrogen-bond acceptors (Lipinski definition) is 6. The van der Waals surface area contributed by atoms with Crippen LogP contribution in [0.5, 0.6) is 5.75 Å². The van der Waals surface area contributed by atoms with Crippen LogP contribution in [0.3, 0.4) is 0 Å². The molecule has 2 aromatic heterocycles. The molecule has 2 aromatic carbocycles. The molecule has 0 aliphatic carbocycles. The van der Waals surface area contributed by atoms with Gasteiger partial charge in [0, 0.05) is 5.56 Å². The van der Waals surface area contributed by atoms with Crippen molar-refractivity contribution in [2.45, 2.75) is 25.9 Å². The van der Waals surface area contributed by atoms with Gasteiger partial charge < -0.3 is 4.74 Å². The van der Waals surface area contributed by atoms with Crippen LogP contribution < -0.4 is 4.74 Å². The number of ketones is 1. The summed E-state index contributed by atoms with van der Waals surface area (Å²) in [5, 5.41) is 11.5. The minimum atomic E-state index is 0.0813. The topological polar surface area (TPSA) is 57.0 Å². The third-order valence-corrected chi connectivity index (χ3v) is 6.97. The van der Waals surface area contributed by atoms with Crippen LogP contribution in [0, 0.1) is 20.8 Å². The Bertz CT molecular complexity index is 1230. The van der Waals surface area contributed by atoms with Crippen molar-refractivity contribution < 1.29 is 9.53 Å². The SMILES string of the molecule is COc1ccccc1-n1c(SCC(=O)c2cc(C)c(C)cc2C)nnc1-c1cccs1. The van der Waals surface area contributed by atoms with E-state index in [-0.39, 0.29) is 11.5 Å². The molecule has 0 unspecified atom stereocenters. The average molecular weight is 450 g/mol. The van der Waals surface area contributed by atoms with E-state index in [1.807, 2.05) is 66.3 Å². The van der Waals surface area contributed by atoms with Gasteiger partial charge in [0.25, 0.3) is 0 Å². The first-order chi connectivity index (χ1) is 15.0. The Hall–Kier alpha value is -2.90. The number of aryl methyl sites for hydroxylation is 3. The Kier molecular flexibility index (Phi) is 6.25. The number of para-hydroxylation sites is 2. The van der Waals surface area contributed by atoms with Crippen molar-refractivity contribution in [2.75, 3.05) is 12.9 Å². The van der Waals surface area contributed by atoms with Crippen LogP contribution in [0.4, 0.5) is 0 Å². The minimum absolute atomic E-state index is 0.0813. The van der Waals surface area contributed by atoms with Crippen molar-refractivity contribution in [1.82, 2.24) is 14.8 Å². The molecule has 0 aliphatic heterocycles. The van der Waals surface area contributed by atoms with E-state index in [1.54, 1.807) is 18.4 Å². The zero-order valence-electron chi connectivity index (χ0n) is 17.9. The monoisotopic (exact) mass is 449 g/mol. The standard InChI is InChI=1S/C24H23N3O2S2/c1-15-12-17(3)18(13-16(15)2)20(28)14-31-24-26-25-23(22-10-7-11-30-22)27(24)19-8-5-6-9-21(19)29-4/h5-13H,14H2,1-4H3. The Morgan fingerprint density at radius 1 is 1.03 bits per heavy atom. The molecule has 2 heterocycles. The largest absolute Gasteiger partial charge is 0.495 e. The van der Waals surface area contributed by atoms with Gasteiger partial charge in [0.1, 0.15) is 5.75 Å². The van der Waals surface area contributed by atoms with Crippen molar-refractivity contribution >= 4 is 28.9 Å². The van der Waals surface area contributed by atoms with Crippen LogP contribution in [0.1, 0.15) is 27.0 Å². The molecule has 0 saturated heterocycles. The molecule has 31 heavy (non-hydrogen) atoms. The number of thioether (sulfide) groups is 1. The van der Waals surface area contributed by atoms with Gasteiger partial charge in [-0.25, -0.2) is 0 Å². The van der Waals surface area contributed by atoms with Gasteiger partial charge in [-0.05, 0) is 67.1 Å². The van der Waals surface area contributed by atoms with Crippen molar-refractivity contribution in [3.63, 3.8) is 0 Å². The van der Waals surface area contributed by atoms with Gasteiger partial charge >= 0.3 is 0 Å². The molecule has 4 rings (SSSR count). The third kappa shape index (κ3) is 4.29. The molecule has 5 nitrogen and oxygen atoms in total. The van der Waals surface area contributed by atoms with Gasteiger partial charge in [-0.1, -0.05) is 36.0 Å². The van der Waals surface area contributed by atoms with E-state index in [9.17, 15) is 4.79 Å². The molecule has 0 fully saturated rings. The number of thiophene rings is 1. The summed E-state index contributed by atoms with van der Waals surface area (Å²) < 4.78 is 7.55. The number of methoxy groups -OCH3 is 1. The lowest BCUT2D eigenvalue weighted by atomic mass is 9.99. The summed E-state index contributed by atoms with van der Waals surface area (Å²) in [6.07, 6.45) is 0. The highest BCUT2D eigenvalue weighted by Gasteiger charge is 2.21. The van der Waals surface area contributed by atoms with E-state index in [1.165, 1.54) is 17.3 Å². The normalized spacial score (nSPS) is 11.0. The van der Waals surface area contributed by atoms with Crippen LogP contribution in [0.2, 0.25) is 0 Å². The molecule has 0 aliphatic rings. The zero-order chi connectivity index (χ0) is 22.0. The summed E-state index contributed by atoms with van der Waals surface area (Å²) >= 11 is 2.99. The highest BCUT2D eigenvalue weighted by atomic mass is 32.2. The number of carbonyl (C=O) groups excluding carboxylic acids is 1. The minimum Gasteiger partial charge on any atom is -0.495 e. The Labute approximate surface area is 190 Å². The van der Waals surface area contributed by atoms with Crippen molar-refractivity contribution in [3.8, 4) is 22.1 Å². The van der Waals surface area contributed by atoms with Gasteiger partial charge in [0.05, 0.1) is 23.4 Å². The number of ether oxygens (including phenoxy) is 1. The number of carbonyl (C=O) groups is 1. The number of aromatic nitrogens is 3. The van der Waals surface area contributed by atoms with E-state index < -0.39 is 0 Å². The van der Waals surface area contributed by atoms with Gasteiger partial charge in [-0.2, -0.15) is 0 Å². The molecule has 4 aromatic rings. The highest BCUT2D eigenvalue weighted by Crippen LogP contribution is 2.34. The summed E-state index contributed by atoms with van der Waals surface area (Å²) in [7, 11) is 1.65. The maximum atomic E-state index is 13.0. The lowest BCUT2D eigenvalue weighted by Crippen LogP contribution is -2.08. The first kappa shape index (κ1) is 21.3. The molecule has 158 valence electrons. The number of benzene rings is 2. The smallest absolute Gasteiger partial charge is 0.196 e. The summed E-state index contributed by atoms with van der Waals surface area (Å²) in [4.78, 5) is 14.0. The van der Waals surface area contributed by atoms with Gasteiger partial charge in [-0.15, -0.1) is 21.5 Å². The van der Waals surface area contributed by atoms with Crippen molar-refractivity contribution in [2.24, 2.45) is 0 Å². The second kappa shape index (κ2) is 9.08. The predicted octanol–water partition coefficient (Wildman–Crippen LogP) is 5.90. The number of nitrogens with zero attached hydrogens (tertiary/aromatic N) is 3.